The molecule has 0 aliphatic rings. The lowest BCUT2D eigenvalue weighted by Gasteiger charge is -2.22. The van der Waals surface area contributed by atoms with E-state index in [1.54, 1.807) is 5.56 Å². The van der Waals surface area contributed by atoms with E-state index in [1.807, 2.05) is 0 Å². The highest BCUT2D eigenvalue weighted by Crippen LogP contribution is 2.20. The molecule has 0 saturated carbocycles. The van der Waals surface area contributed by atoms with Gasteiger partial charge in [0.15, 0.2) is 0 Å². The smallest absolute Gasteiger partial charge is 0.0108 e. The van der Waals surface area contributed by atoms with E-state index in [9.17, 15) is 0 Å². The Kier molecular flexibility index (Phi) is 7.29. The zero-order chi connectivity index (χ0) is 15.1. The molecule has 0 spiro atoms. The fourth-order valence-electron chi connectivity index (χ4n) is 2.94. The lowest BCUT2D eigenvalue weighted by Crippen LogP contribution is -2.32. The van der Waals surface area contributed by atoms with Crippen molar-refractivity contribution in [2.45, 2.75) is 73.3 Å². The lowest BCUT2D eigenvalue weighted by molar-refractivity contribution is 0.426. The lowest BCUT2D eigenvalue weighted by atomic mass is 9.91. The van der Waals surface area contributed by atoms with Gasteiger partial charge in [0.1, 0.15) is 0 Å². The first-order valence-electron chi connectivity index (χ1n) is 8.24. The maximum Gasteiger partial charge on any atom is 0.0108 e. The van der Waals surface area contributed by atoms with Gasteiger partial charge in [-0.1, -0.05) is 38.5 Å². The van der Waals surface area contributed by atoms with E-state index in [0.29, 0.717) is 6.04 Å². The van der Waals surface area contributed by atoms with Crippen LogP contribution in [0.15, 0.2) is 12.1 Å². The number of rotatable bonds is 8. The second kappa shape index (κ2) is 8.46. The molecule has 0 fully saturated rings. The molecule has 0 radical (unpaired) electrons. The summed E-state index contributed by atoms with van der Waals surface area (Å²) >= 11 is 0. The SMILES string of the molecule is CCCNC(CCC(C)C)Cc1c(C)cc(C)cc1C. The van der Waals surface area contributed by atoms with E-state index in [2.05, 4.69) is 59.0 Å². The summed E-state index contributed by atoms with van der Waals surface area (Å²) < 4.78 is 0. The third-order valence-electron chi connectivity index (χ3n) is 4.07. The quantitative estimate of drug-likeness (QED) is 0.707. The van der Waals surface area contributed by atoms with Gasteiger partial charge in [-0.2, -0.15) is 0 Å². The molecule has 1 rings (SSSR count). The number of benzene rings is 1. The average molecular weight is 275 g/mol. The maximum absolute atomic E-state index is 3.74. The summed E-state index contributed by atoms with van der Waals surface area (Å²) in [5, 5.41) is 3.74. The molecule has 0 saturated heterocycles. The average Bonchev–Trinajstić information content (AvgIpc) is 2.35. The van der Waals surface area contributed by atoms with Gasteiger partial charge in [-0.25, -0.2) is 0 Å². The van der Waals surface area contributed by atoms with Crippen LogP contribution in [0.1, 0.15) is 62.3 Å². The zero-order valence-corrected chi connectivity index (χ0v) is 14.3. The van der Waals surface area contributed by atoms with Gasteiger partial charge in [0.25, 0.3) is 0 Å². The monoisotopic (exact) mass is 275 g/mol. The molecule has 1 atom stereocenters. The van der Waals surface area contributed by atoms with Crippen LogP contribution in [0.2, 0.25) is 0 Å². The normalized spacial score (nSPS) is 12.9. The number of aryl methyl sites for hydroxylation is 3. The van der Waals surface area contributed by atoms with Gasteiger partial charge < -0.3 is 5.32 Å². The van der Waals surface area contributed by atoms with Crippen LogP contribution in [0.25, 0.3) is 0 Å². The van der Waals surface area contributed by atoms with Crippen molar-refractivity contribution in [3.63, 3.8) is 0 Å². The summed E-state index contributed by atoms with van der Waals surface area (Å²) in [6.45, 7) is 14.7. The van der Waals surface area contributed by atoms with Crippen molar-refractivity contribution < 1.29 is 0 Å². The van der Waals surface area contributed by atoms with Crippen molar-refractivity contribution in [2.24, 2.45) is 5.92 Å². The molecule has 0 aromatic heterocycles. The molecule has 0 bridgehead atoms. The van der Waals surface area contributed by atoms with Gasteiger partial charge in [-0.05, 0) is 75.6 Å². The zero-order valence-electron chi connectivity index (χ0n) is 14.3. The van der Waals surface area contributed by atoms with Crippen LogP contribution < -0.4 is 5.32 Å². The Morgan fingerprint density at radius 2 is 1.60 bits per heavy atom. The van der Waals surface area contributed by atoms with E-state index >= 15 is 0 Å². The molecular formula is C19H33N. The molecule has 1 heteroatoms. The number of hydrogen-bond acceptors (Lipinski definition) is 1. The van der Waals surface area contributed by atoms with Crippen molar-refractivity contribution in [1.82, 2.24) is 5.32 Å². The van der Waals surface area contributed by atoms with E-state index in [1.165, 1.54) is 42.4 Å². The Morgan fingerprint density at radius 3 is 2.10 bits per heavy atom. The molecule has 0 aliphatic heterocycles. The van der Waals surface area contributed by atoms with Crippen LogP contribution >= 0.6 is 0 Å². The fourth-order valence-corrected chi connectivity index (χ4v) is 2.94. The Bertz CT molecular complexity index is 383. The van der Waals surface area contributed by atoms with E-state index in [4.69, 9.17) is 0 Å². The molecule has 0 aliphatic carbocycles. The second-order valence-corrected chi connectivity index (χ2v) is 6.70. The van der Waals surface area contributed by atoms with Crippen LogP contribution in [-0.4, -0.2) is 12.6 Å². The number of nitrogens with one attached hydrogen (secondary N) is 1. The summed E-state index contributed by atoms with van der Waals surface area (Å²) in [5.41, 5.74) is 5.84. The molecule has 1 aromatic carbocycles. The van der Waals surface area contributed by atoms with Crippen LogP contribution in [0, 0.1) is 26.7 Å². The van der Waals surface area contributed by atoms with E-state index in [0.717, 1.165) is 12.5 Å². The predicted octanol–water partition coefficient (Wildman–Crippen LogP) is 4.96. The highest BCUT2D eigenvalue weighted by Gasteiger charge is 2.13. The third-order valence-corrected chi connectivity index (χ3v) is 4.07. The summed E-state index contributed by atoms with van der Waals surface area (Å²) in [7, 11) is 0. The van der Waals surface area contributed by atoms with Crippen molar-refractivity contribution in [3.8, 4) is 0 Å². The van der Waals surface area contributed by atoms with Crippen LogP contribution in [0.3, 0.4) is 0 Å². The van der Waals surface area contributed by atoms with Crippen molar-refractivity contribution >= 4 is 0 Å². The first-order valence-corrected chi connectivity index (χ1v) is 8.24. The van der Waals surface area contributed by atoms with E-state index < -0.39 is 0 Å². The minimum atomic E-state index is 0.623. The van der Waals surface area contributed by atoms with Gasteiger partial charge in [0.05, 0.1) is 0 Å². The summed E-state index contributed by atoms with van der Waals surface area (Å²) in [5.74, 6) is 0.793. The first kappa shape index (κ1) is 17.2. The third kappa shape index (κ3) is 5.66. The molecule has 0 amide bonds. The Morgan fingerprint density at radius 1 is 1.00 bits per heavy atom. The molecule has 1 aromatic rings. The molecule has 1 nitrogen and oxygen atoms in total. The molecule has 0 heterocycles. The molecule has 114 valence electrons. The summed E-state index contributed by atoms with van der Waals surface area (Å²) in [6, 6.07) is 5.26. The first-order chi connectivity index (χ1) is 9.43. The summed E-state index contributed by atoms with van der Waals surface area (Å²) in [4.78, 5) is 0. The van der Waals surface area contributed by atoms with Crippen molar-refractivity contribution in [2.75, 3.05) is 6.54 Å². The Labute approximate surface area is 126 Å². The van der Waals surface area contributed by atoms with Gasteiger partial charge in [-0.3, -0.25) is 0 Å². The Hall–Kier alpha value is -0.820. The topological polar surface area (TPSA) is 12.0 Å². The minimum Gasteiger partial charge on any atom is -0.314 e. The van der Waals surface area contributed by atoms with Gasteiger partial charge in [0.2, 0.25) is 0 Å². The van der Waals surface area contributed by atoms with Crippen molar-refractivity contribution in [3.05, 3.63) is 34.4 Å². The van der Waals surface area contributed by atoms with E-state index in [-0.39, 0.29) is 0 Å². The molecule has 1 unspecified atom stereocenters. The van der Waals surface area contributed by atoms with Gasteiger partial charge in [-0.15, -0.1) is 0 Å². The van der Waals surface area contributed by atoms with Crippen LogP contribution in [0.5, 0.6) is 0 Å². The van der Waals surface area contributed by atoms with Crippen LogP contribution in [-0.2, 0) is 6.42 Å². The maximum atomic E-state index is 3.74. The van der Waals surface area contributed by atoms with Crippen molar-refractivity contribution in [1.29, 1.82) is 0 Å². The highest BCUT2D eigenvalue weighted by molar-refractivity contribution is 5.38. The fraction of sp³-hybridized carbons (Fsp3) is 0.684. The summed E-state index contributed by atoms with van der Waals surface area (Å²) in [6.07, 6.45) is 4.98. The highest BCUT2D eigenvalue weighted by atomic mass is 14.9. The number of hydrogen-bond donors (Lipinski definition) is 1. The van der Waals surface area contributed by atoms with Gasteiger partial charge >= 0.3 is 0 Å². The molecular weight excluding hydrogens is 242 g/mol. The minimum absolute atomic E-state index is 0.623. The second-order valence-electron chi connectivity index (χ2n) is 6.70. The predicted molar refractivity (Wildman–Crippen MR) is 90.5 cm³/mol. The molecule has 20 heavy (non-hydrogen) atoms. The largest absolute Gasteiger partial charge is 0.314 e. The standard InChI is InChI=1S/C19H33N/c1-7-10-20-18(9-8-14(2)3)13-19-16(5)11-15(4)12-17(19)6/h11-12,14,18,20H,7-10,13H2,1-6H3. The van der Waals surface area contributed by atoms with Gasteiger partial charge in [0, 0.05) is 6.04 Å². The Balaban J connectivity index is 2.77. The molecule has 1 N–H and O–H groups in total. The van der Waals surface area contributed by atoms with Crippen LogP contribution in [0.4, 0.5) is 0 Å².